The highest BCUT2D eigenvalue weighted by molar-refractivity contribution is 6.25. The van der Waals surface area contributed by atoms with Crippen molar-refractivity contribution in [1.29, 1.82) is 0 Å². The number of ketones is 2. The maximum absolute atomic E-state index is 14.1. The van der Waals surface area contributed by atoms with Crippen LogP contribution in [0.3, 0.4) is 0 Å². The molecule has 0 unspecified atom stereocenters. The number of ether oxygens (including phenoxy) is 2. The third kappa shape index (κ3) is 4.09. The van der Waals surface area contributed by atoms with Gasteiger partial charge in [-0.2, -0.15) is 0 Å². The Morgan fingerprint density at radius 2 is 1.79 bits per heavy atom. The molecule has 0 radical (unpaired) electrons. The molecule has 12 heteroatoms. The van der Waals surface area contributed by atoms with Crippen molar-refractivity contribution in [2.45, 2.75) is 24.5 Å². The molecule has 212 valence electrons. The minimum Gasteiger partial charge on any atom is -0.510 e. The van der Waals surface area contributed by atoms with Crippen LogP contribution in [0.15, 0.2) is 34.8 Å². The summed E-state index contributed by atoms with van der Waals surface area (Å²) < 4.78 is 11.0. The summed E-state index contributed by atoms with van der Waals surface area (Å²) in [4.78, 5) is 43.2. The number of anilines is 1. The summed E-state index contributed by atoms with van der Waals surface area (Å²) in [6.07, 6.45) is 0.0186. The number of carbonyl (C=O) groups is 3. The number of phenolic OH excluding ortho intramolecular Hbond substituents is 1. The summed E-state index contributed by atoms with van der Waals surface area (Å²) in [6, 6.07) is 1.94. The maximum Gasteiger partial charge on any atom is 0.255 e. The molecule has 0 heterocycles. The van der Waals surface area contributed by atoms with Gasteiger partial charge in [-0.15, -0.1) is 0 Å². The molecule has 0 saturated carbocycles. The Balaban J connectivity index is 2.03. The fraction of sp³-hybridized carbons (Fsp3) is 0.519. The summed E-state index contributed by atoms with van der Waals surface area (Å²) >= 11 is 0. The second-order valence-corrected chi connectivity index (χ2v) is 10.8. The molecule has 3 aliphatic carbocycles. The van der Waals surface area contributed by atoms with Crippen LogP contribution in [-0.2, 0) is 25.5 Å². The van der Waals surface area contributed by atoms with E-state index in [4.69, 9.17) is 15.2 Å². The van der Waals surface area contributed by atoms with Gasteiger partial charge < -0.3 is 40.5 Å². The van der Waals surface area contributed by atoms with E-state index in [2.05, 4.69) is 0 Å². The van der Waals surface area contributed by atoms with Gasteiger partial charge in [0.25, 0.3) is 5.91 Å². The fourth-order valence-corrected chi connectivity index (χ4v) is 6.43. The van der Waals surface area contributed by atoms with E-state index in [9.17, 15) is 34.8 Å². The predicted octanol–water partition coefficient (Wildman–Crippen LogP) is 0.220. The number of nitrogens with zero attached hydrogens (tertiary/aromatic N) is 2. The molecular weight excluding hydrogens is 510 g/mol. The number of benzene rings is 1. The van der Waals surface area contributed by atoms with E-state index >= 15 is 0 Å². The number of aromatic hydroxyl groups is 1. The average Bonchev–Trinajstić information content (AvgIpc) is 2.83. The van der Waals surface area contributed by atoms with Gasteiger partial charge in [0, 0.05) is 38.2 Å². The van der Waals surface area contributed by atoms with Gasteiger partial charge in [0.2, 0.25) is 5.78 Å². The number of aliphatic hydroxyl groups excluding tert-OH is 2. The first-order valence-electron chi connectivity index (χ1n) is 12.5. The van der Waals surface area contributed by atoms with Crippen LogP contribution in [-0.4, -0.2) is 110 Å². The van der Waals surface area contributed by atoms with Crippen LogP contribution in [0.25, 0.3) is 0 Å². The second kappa shape index (κ2) is 9.94. The summed E-state index contributed by atoms with van der Waals surface area (Å²) in [6.45, 7) is 0.320. The van der Waals surface area contributed by atoms with Crippen molar-refractivity contribution in [3.63, 3.8) is 0 Å². The van der Waals surface area contributed by atoms with Crippen molar-refractivity contribution in [1.82, 2.24) is 4.90 Å². The zero-order chi connectivity index (χ0) is 29.0. The highest BCUT2D eigenvalue weighted by Gasteiger charge is 2.66. The monoisotopic (exact) mass is 545 g/mol. The zero-order valence-corrected chi connectivity index (χ0v) is 22.6. The number of likely N-dealkylation sites (N-methyl/N-ethyl adjacent to an activating group) is 1. The molecule has 1 amide bonds. The molecule has 0 saturated heterocycles. The number of aliphatic hydroxyl groups is 3. The first kappa shape index (κ1) is 28.6. The number of amides is 1. The highest BCUT2D eigenvalue weighted by atomic mass is 16.5. The van der Waals surface area contributed by atoms with E-state index in [1.807, 2.05) is 0 Å². The minimum absolute atomic E-state index is 0.0572. The summed E-state index contributed by atoms with van der Waals surface area (Å²) in [7, 11) is 8.25. The highest BCUT2D eigenvalue weighted by Crippen LogP contribution is 2.58. The number of fused-ring (bicyclic) bond motifs is 3. The molecule has 0 bridgehead atoms. The van der Waals surface area contributed by atoms with Crippen molar-refractivity contribution < 1.29 is 44.3 Å². The van der Waals surface area contributed by atoms with Crippen LogP contribution in [0.2, 0.25) is 0 Å². The lowest BCUT2D eigenvalue weighted by molar-refractivity contribution is -0.152. The Labute approximate surface area is 225 Å². The van der Waals surface area contributed by atoms with Crippen molar-refractivity contribution in [2.24, 2.45) is 17.1 Å². The zero-order valence-electron chi connectivity index (χ0n) is 22.6. The number of phenols is 1. The van der Waals surface area contributed by atoms with Crippen LogP contribution in [0, 0.1) is 11.3 Å². The van der Waals surface area contributed by atoms with Crippen LogP contribution >= 0.6 is 0 Å². The Kier molecular flexibility index (Phi) is 7.28. The van der Waals surface area contributed by atoms with E-state index < -0.39 is 57.5 Å². The van der Waals surface area contributed by atoms with Crippen LogP contribution in [0.4, 0.5) is 5.69 Å². The van der Waals surface area contributed by atoms with E-state index in [0.29, 0.717) is 11.3 Å². The smallest absolute Gasteiger partial charge is 0.255 e. The molecule has 1 aromatic rings. The predicted molar refractivity (Wildman–Crippen MR) is 140 cm³/mol. The molecule has 0 fully saturated rings. The van der Waals surface area contributed by atoms with E-state index in [1.165, 1.54) is 18.1 Å². The van der Waals surface area contributed by atoms with Gasteiger partial charge in [-0.3, -0.25) is 19.3 Å². The Bertz CT molecular complexity index is 1300. The number of primary amides is 1. The lowest BCUT2D eigenvalue weighted by Crippen LogP contribution is -2.66. The topological polar surface area (TPSA) is 183 Å². The molecule has 0 aromatic heterocycles. The standard InChI is InChI=1S/C27H35N3O9/c1-29(2)15-6-7-16(31)17-13(15)10-26(12-39-9-8-38-5)11-14-20(30(3)4)22(33)18(25(28)36)23(34)27(14,37)24(35)19(26)21(17)32/h6-7,14,20,31,33,35,37H,8-12H2,1-5H3,(H2,28,36)/t14-,20-,26-,27+/m0/s1. The molecule has 12 nitrogen and oxygen atoms in total. The molecule has 4 atom stereocenters. The van der Waals surface area contributed by atoms with Gasteiger partial charge >= 0.3 is 0 Å². The Hall–Kier alpha value is -3.45. The molecule has 6 N–H and O–H groups in total. The first-order chi connectivity index (χ1) is 18.2. The third-order valence-electron chi connectivity index (χ3n) is 8.10. The van der Waals surface area contributed by atoms with Crippen molar-refractivity contribution in [2.75, 3.05) is 60.0 Å². The van der Waals surface area contributed by atoms with Gasteiger partial charge in [0.05, 0.1) is 37.0 Å². The quantitative estimate of drug-likeness (QED) is 0.222. The SMILES string of the molecule is COCCOC[C@@]12Cc3c(N(C)C)ccc(O)c3C(=O)C1=C(O)[C@]1(O)C(=O)C(C(N)=O)=C(O)[C@@H](N(C)C)[C@@H]1C2. The third-order valence-corrected chi connectivity index (χ3v) is 8.10. The lowest BCUT2D eigenvalue weighted by atomic mass is 9.52. The Morgan fingerprint density at radius 1 is 1.13 bits per heavy atom. The van der Waals surface area contributed by atoms with Gasteiger partial charge in [0.1, 0.15) is 22.8 Å². The van der Waals surface area contributed by atoms with Gasteiger partial charge in [-0.05, 0) is 44.6 Å². The number of Topliss-reactive ketones (excluding diaryl/α,β-unsaturated/α-hetero) is 2. The molecule has 39 heavy (non-hydrogen) atoms. The fourth-order valence-electron chi connectivity index (χ4n) is 6.43. The molecular formula is C27H35N3O9. The van der Waals surface area contributed by atoms with E-state index in [1.54, 1.807) is 39.2 Å². The summed E-state index contributed by atoms with van der Waals surface area (Å²) in [5, 5.41) is 45.3. The van der Waals surface area contributed by atoms with Crippen molar-refractivity contribution in [3.05, 3.63) is 45.9 Å². The lowest BCUT2D eigenvalue weighted by Gasteiger charge is -2.54. The van der Waals surface area contributed by atoms with Crippen molar-refractivity contribution >= 4 is 23.2 Å². The van der Waals surface area contributed by atoms with E-state index in [0.717, 1.165) is 0 Å². The summed E-state index contributed by atoms with van der Waals surface area (Å²) in [5.74, 6) is -6.41. The largest absolute Gasteiger partial charge is 0.510 e. The number of nitrogens with two attached hydrogens (primary N) is 1. The Morgan fingerprint density at radius 3 is 2.36 bits per heavy atom. The number of carbonyl (C=O) groups excluding carboxylic acids is 3. The number of methoxy groups -OCH3 is 1. The van der Waals surface area contributed by atoms with Gasteiger partial charge in [-0.25, -0.2) is 0 Å². The van der Waals surface area contributed by atoms with Crippen LogP contribution < -0.4 is 10.6 Å². The maximum atomic E-state index is 14.1. The number of hydrogen-bond acceptors (Lipinski definition) is 11. The molecule has 0 aliphatic heterocycles. The van der Waals surface area contributed by atoms with Crippen LogP contribution in [0.1, 0.15) is 22.3 Å². The molecule has 0 spiro atoms. The summed E-state index contributed by atoms with van der Waals surface area (Å²) in [5.41, 5.74) is 1.39. The normalized spacial score (nSPS) is 28.4. The van der Waals surface area contributed by atoms with Gasteiger partial charge in [0.15, 0.2) is 11.4 Å². The molecule has 4 rings (SSSR count). The minimum atomic E-state index is -2.74. The number of hydrogen-bond donors (Lipinski definition) is 5. The van der Waals surface area contributed by atoms with Gasteiger partial charge in [-0.1, -0.05) is 0 Å². The second-order valence-electron chi connectivity index (χ2n) is 10.8. The average molecular weight is 546 g/mol. The first-order valence-corrected chi connectivity index (χ1v) is 12.5. The molecule has 1 aromatic carbocycles. The molecule has 3 aliphatic rings. The van der Waals surface area contributed by atoms with Crippen molar-refractivity contribution in [3.8, 4) is 5.75 Å². The van der Waals surface area contributed by atoms with Crippen LogP contribution in [0.5, 0.6) is 5.75 Å². The number of rotatable bonds is 8. The van der Waals surface area contributed by atoms with E-state index in [-0.39, 0.29) is 49.5 Å².